The Morgan fingerprint density at radius 2 is 1.93 bits per heavy atom. The topological polar surface area (TPSA) is 34.9 Å². The zero-order chi connectivity index (χ0) is 20.4. The molecule has 3 heterocycles. The summed E-state index contributed by atoms with van der Waals surface area (Å²) in [5.41, 5.74) is 8.89. The normalized spacial score (nSPS) is 15.5. The highest BCUT2D eigenvalue weighted by molar-refractivity contribution is 5.92. The lowest BCUT2D eigenvalue weighted by Crippen LogP contribution is -2.25. The van der Waals surface area contributed by atoms with Crippen LogP contribution in [0, 0.1) is 25.6 Å². The van der Waals surface area contributed by atoms with Crippen LogP contribution in [0.25, 0.3) is 22.3 Å². The minimum atomic E-state index is -0.178. The number of hydrogen-bond acceptors (Lipinski definition) is 2. The van der Waals surface area contributed by atoms with Gasteiger partial charge in [-0.2, -0.15) is 0 Å². The Kier molecular flexibility index (Phi) is 4.16. The van der Waals surface area contributed by atoms with Crippen molar-refractivity contribution >= 4 is 10.9 Å². The van der Waals surface area contributed by atoms with Gasteiger partial charge < -0.3 is 4.57 Å². The van der Waals surface area contributed by atoms with E-state index in [1.807, 2.05) is 18.4 Å². The molecule has 1 aliphatic heterocycles. The molecule has 2 aromatic heterocycles. The lowest BCUT2D eigenvalue weighted by molar-refractivity contribution is 0.552. The summed E-state index contributed by atoms with van der Waals surface area (Å²) in [5, 5.41) is 1.13. The van der Waals surface area contributed by atoms with E-state index < -0.39 is 0 Å². The molecular formula is C25H27FN2O. The second-order valence-electron chi connectivity index (χ2n) is 8.93. The molecule has 3 aromatic rings. The van der Waals surface area contributed by atoms with E-state index in [2.05, 4.69) is 19.9 Å². The maximum absolute atomic E-state index is 14.5. The number of aromatic nitrogens is 2. The molecule has 1 atom stereocenters. The first-order valence-corrected chi connectivity index (χ1v) is 10.8. The summed E-state index contributed by atoms with van der Waals surface area (Å²) in [7, 11) is 0. The standard InChI is InChI=1S/C25H27FN2O/c1-5-13(2)9-18-14(3)10-22-24-19(12-28(22)25(18)29)17-8-6-7-16-15(4)20(26)11-21(27-24)23(16)17/h10-11,13H,5-9,12H2,1-4H3. The van der Waals surface area contributed by atoms with Gasteiger partial charge in [0.25, 0.3) is 5.56 Å². The average Bonchev–Trinajstić information content (AvgIpc) is 3.07. The van der Waals surface area contributed by atoms with Crippen LogP contribution >= 0.6 is 0 Å². The highest BCUT2D eigenvalue weighted by Gasteiger charge is 2.30. The van der Waals surface area contributed by atoms with Crippen LogP contribution in [0.3, 0.4) is 0 Å². The smallest absolute Gasteiger partial charge is 0.254 e. The molecule has 29 heavy (non-hydrogen) atoms. The molecule has 1 aliphatic carbocycles. The molecule has 1 unspecified atom stereocenters. The summed E-state index contributed by atoms with van der Waals surface area (Å²) in [5.74, 6) is 0.308. The fourth-order valence-corrected chi connectivity index (χ4v) is 5.17. The Labute approximate surface area is 170 Å². The van der Waals surface area contributed by atoms with E-state index in [4.69, 9.17) is 4.98 Å². The number of nitrogens with zero attached hydrogens (tertiary/aromatic N) is 2. The number of hydrogen-bond donors (Lipinski definition) is 0. The molecule has 2 aliphatic rings. The van der Waals surface area contributed by atoms with E-state index in [0.29, 0.717) is 12.5 Å². The fraction of sp³-hybridized carbons (Fsp3) is 0.440. The van der Waals surface area contributed by atoms with Crippen molar-refractivity contribution in [3.05, 3.63) is 61.7 Å². The molecule has 5 rings (SSSR count). The van der Waals surface area contributed by atoms with Gasteiger partial charge in [-0.3, -0.25) is 4.79 Å². The minimum absolute atomic E-state index is 0.118. The zero-order valence-electron chi connectivity index (χ0n) is 17.7. The van der Waals surface area contributed by atoms with Crippen molar-refractivity contribution in [3.8, 4) is 11.4 Å². The van der Waals surface area contributed by atoms with Crippen molar-refractivity contribution in [1.82, 2.24) is 9.55 Å². The van der Waals surface area contributed by atoms with Gasteiger partial charge in [0.2, 0.25) is 0 Å². The van der Waals surface area contributed by atoms with Crippen molar-refractivity contribution < 1.29 is 4.39 Å². The predicted octanol–water partition coefficient (Wildman–Crippen LogP) is 5.26. The second-order valence-corrected chi connectivity index (χ2v) is 8.93. The van der Waals surface area contributed by atoms with Crippen molar-refractivity contribution in [1.29, 1.82) is 0 Å². The Hall–Kier alpha value is -2.49. The van der Waals surface area contributed by atoms with Gasteiger partial charge in [0.1, 0.15) is 5.82 Å². The van der Waals surface area contributed by atoms with Crippen molar-refractivity contribution in [2.75, 3.05) is 0 Å². The van der Waals surface area contributed by atoms with Gasteiger partial charge in [0, 0.05) is 22.6 Å². The lowest BCUT2D eigenvalue weighted by Gasteiger charge is -2.21. The predicted molar refractivity (Wildman–Crippen MR) is 115 cm³/mol. The molecule has 0 bridgehead atoms. The van der Waals surface area contributed by atoms with Crippen LogP contribution in [-0.4, -0.2) is 9.55 Å². The monoisotopic (exact) mass is 390 g/mol. The minimum Gasteiger partial charge on any atom is -0.302 e. The molecule has 0 radical (unpaired) electrons. The van der Waals surface area contributed by atoms with Crippen LogP contribution in [-0.2, 0) is 25.8 Å². The highest BCUT2D eigenvalue weighted by atomic mass is 19.1. The third kappa shape index (κ3) is 2.61. The van der Waals surface area contributed by atoms with Crippen molar-refractivity contribution in [2.24, 2.45) is 5.92 Å². The summed E-state index contributed by atoms with van der Waals surface area (Å²) < 4.78 is 16.4. The van der Waals surface area contributed by atoms with Gasteiger partial charge in [0.15, 0.2) is 0 Å². The molecule has 0 saturated heterocycles. The van der Waals surface area contributed by atoms with Crippen LogP contribution in [0.15, 0.2) is 16.9 Å². The second kappa shape index (κ2) is 6.51. The van der Waals surface area contributed by atoms with Crippen LogP contribution < -0.4 is 5.56 Å². The summed E-state index contributed by atoms with van der Waals surface area (Å²) in [6.45, 7) is 8.86. The third-order valence-electron chi connectivity index (χ3n) is 7.10. The van der Waals surface area contributed by atoms with Gasteiger partial charge in [-0.25, -0.2) is 9.37 Å². The van der Waals surface area contributed by atoms with Gasteiger partial charge in [0.05, 0.1) is 23.4 Å². The molecular weight excluding hydrogens is 363 g/mol. The maximum atomic E-state index is 14.5. The molecule has 0 spiro atoms. The van der Waals surface area contributed by atoms with E-state index in [0.717, 1.165) is 76.6 Å². The number of aryl methyl sites for hydroxylation is 3. The van der Waals surface area contributed by atoms with Crippen LogP contribution in [0.2, 0.25) is 0 Å². The van der Waals surface area contributed by atoms with Crippen molar-refractivity contribution in [3.63, 3.8) is 0 Å². The molecule has 0 amide bonds. The third-order valence-corrected chi connectivity index (χ3v) is 7.10. The quantitative estimate of drug-likeness (QED) is 0.478. The van der Waals surface area contributed by atoms with Crippen LogP contribution in [0.4, 0.5) is 4.39 Å². The van der Waals surface area contributed by atoms with E-state index in [1.54, 1.807) is 6.07 Å². The molecule has 1 aromatic carbocycles. The van der Waals surface area contributed by atoms with Crippen LogP contribution in [0.5, 0.6) is 0 Å². The fourth-order valence-electron chi connectivity index (χ4n) is 5.17. The summed E-state index contributed by atoms with van der Waals surface area (Å²) >= 11 is 0. The Morgan fingerprint density at radius 1 is 1.17 bits per heavy atom. The summed E-state index contributed by atoms with van der Waals surface area (Å²) in [6.07, 6.45) is 4.77. The highest BCUT2D eigenvalue weighted by Crippen LogP contribution is 2.41. The average molecular weight is 391 g/mol. The number of fused-ring (bicyclic) bond motifs is 4. The van der Waals surface area contributed by atoms with Gasteiger partial charge in [-0.05, 0) is 73.8 Å². The number of benzene rings is 1. The molecule has 4 heteroatoms. The van der Waals surface area contributed by atoms with E-state index >= 15 is 0 Å². The number of rotatable bonds is 3. The van der Waals surface area contributed by atoms with Gasteiger partial charge in [-0.15, -0.1) is 0 Å². The summed E-state index contributed by atoms with van der Waals surface area (Å²) in [6, 6.07) is 3.69. The summed E-state index contributed by atoms with van der Waals surface area (Å²) in [4.78, 5) is 18.3. The number of pyridine rings is 2. The number of halogens is 1. The Morgan fingerprint density at radius 3 is 2.69 bits per heavy atom. The van der Waals surface area contributed by atoms with Gasteiger partial charge in [-0.1, -0.05) is 20.3 Å². The SMILES string of the molecule is CCC(C)Cc1c(C)cc2n(c1=O)Cc1c-2nc2cc(F)c(C)c3c2c1CCC3. The Balaban J connectivity index is 1.77. The van der Waals surface area contributed by atoms with Crippen molar-refractivity contribution in [2.45, 2.75) is 66.3 Å². The molecule has 150 valence electrons. The van der Waals surface area contributed by atoms with Gasteiger partial charge >= 0.3 is 0 Å². The zero-order valence-corrected chi connectivity index (χ0v) is 17.7. The molecule has 0 N–H and O–H groups in total. The first-order valence-electron chi connectivity index (χ1n) is 10.8. The molecule has 3 nitrogen and oxygen atoms in total. The Bertz CT molecular complexity index is 1240. The maximum Gasteiger partial charge on any atom is 0.254 e. The van der Waals surface area contributed by atoms with E-state index in [-0.39, 0.29) is 11.4 Å². The first kappa shape index (κ1) is 18.5. The molecule has 0 fully saturated rings. The molecule has 0 saturated carbocycles. The van der Waals surface area contributed by atoms with E-state index in [1.165, 1.54) is 11.1 Å². The first-order chi connectivity index (χ1) is 13.9. The lowest BCUT2D eigenvalue weighted by atomic mass is 9.85. The van der Waals surface area contributed by atoms with E-state index in [9.17, 15) is 9.18 Å². The van der Waals surface area contributed by atoms with Crippen LogP contribution in [0.1, 0.15) is 60.1 Å². The largest absolute Gasteiger partial charge is 0.302 e.